The zero-order valence-corrected chi connectivity index (χ0v) is 9.54. The molecule has 4 nitrogen and oxygen atoms in total. The van der Waals surface area contributed by atoms with Crippen molar-refractivity contribution in [2.24, 2.45) is 0 Å². The summed E-state index contributed by atoms with van der Waals surface area (Å²) < 4.78 is 4.90. The molecular weight excluding hydrogens is 262 g/mol. The van der Waals surface area contributed by atoms with Gasteiger partial charge in [0, 0.05) is 0 Å². The molecule has 0 aromatic heterocycles. The number of aliphatic hydroxyl groups excluding tert-OH is 1. The van der Waals surface area contributed by atoms with Gasteiger partial charge in [-0.3, -0.25) is 0 Å². The number of halogens is 1. The van der Waals surface area contributed by atoms with E-state index in [1.165, 1.54) is 19.2 Å². The monoisotopic (exact) mass is 269 g/mol. The highest BCUT2D eigenvalue weighted by atomic mass is 79.9. The van der Waals surface area contributed by atoms with Crippen LogP contribution >= 0.6 is 15.9 Å². The lowest BCUT2D eigenvalue weighted by atomic mass is 10.1. The van der Waals surface area contributed by atoms with Crippen LogP contribution in [0.4, 0.5) is 0 Å². The number of nitriles is 1. The molecule has 0 atom stereocenters. The molecule has 0 saturated heterocycles. The molecule has 0 unspecified atom stereocenters. The third-order valence-electron chi connectivity index (χ3n) is 1.92. The fourth-order valence-electron chi connectivity index (χ4n) is 1.14. The maximum absolute atomic E-state index is 11.3. The van der Waals surface area contributed by atoms with Gasteiger partial charge in [0.15, 0.2) is 0 Å². The summed E-state index contributed by atoms with van der Waals surface area (Å²) in [5.41, 5.74) is 0.990. The van der Waals surface area contributed by atoms with Crippen LogP contribution in [0.15, 0.2) is 16.6 Å². The average molecular weight is 270 g/mol. The lowest BCUT2D eigenvalue weighted by Crippen LogP contribution is -2.05. The molecule has 0 aliphatic carbocycles. The van der Waals surface area contributed by atoms with Crippen molar-refractivity contribution in [3.05, 3.63) is 33.3 Å². The van der Waals surface area contributed by atoms with Crippen molar-refractivity contribution in [1.29, 1.82) is 5.26 Å². The fourth-order valence-corrected chi connectivity index (χ4v) is 1.77. The summed E-state index contributed by atoms with van der Waals surface area (Å²) in [7, 11) is 1.26. The lowest BCUT2D eigenvalue weighted by molar-refractivity contribution is 0.0599. The normalized spacial score (nSPS) is 9.47. The quantitative estimate of drug-likeness (QED) is 0.828. The van der Waals surface area contributed by atoms with Crippen molar-refractivity contribution in [1.82, 2.24) is 0 Å². The van der Waals surface area contributed by atoms with Crippen LogP contribution in [0.3, 0.4) is 0 Å². The standard InChI is InChI=1S/C10H8BrNO3/c1-15-10(14)7-3-2-6(5-13)8(4-12)9(7)11/h2-3,13H,5H2,1H3. The van der Waals surface area contributed by atoms with Gasteiger partial charge in [-0.1, -0.05) is 6.07 Å². The SMILES string of the molecule is COC(=O)c1ccc(CO)c(C#N)c1Br. The van der Waals surface area contributed by atoms with Crippen LogP contribution in [-0.4, -0.2) is 18.2 Å². The Labute approximate surface area is 95.2 Å². The minimum atomic E-state index is -0.525. The zero-order chi connectivity index (χ0) is 11.4. The second-order valence-electron chi connectivity index (χ2n) is 2.72. The van der Waals surface area contributed by atoms with Crippen molar-refractivity contribution in [2.75, 3.05) is 7.11 Å². The molecule has 0 bridgehead atoms. The van der Waals surface area contributed by atoms with E-state index in [9.17, 15) is 4.79 Å². The van der Waals surface area contributed by atoms with Crippen molar-refractivity contribution < 1.29 is 14.6 Å². The van der Waals surface area contributed by atoms with Crippen LogP contribution in [0.1, 0.15) is 21.5 Å². The summed E-state index contributed by atoms with van der Waals surface area (Å²) in [5, 5.41) is 17.8. The van der Waals surface area contributed by atoms with E-state index in [-0.39, 0.29) is 17.7 Å². The number of rotatable bonds is 2. The average Bonchev–Trinajstić information content (AvgIpc) is 2.27. The molecule has 1 N–H and O–H groups in total. The molecule has 0 fully saturated rings. The van der Waals surface area contributed by atoms with Gasteiger partial charge >= 0.3 is 5.97 Å². The Morgan fingerprint density at radius 2 is 2.33 bits per heavy atom. The van der Waals surface area contributed by atoms with Gasteiger partial charge in [-0.05, 0) is 27.6 Å². The molecule has 1 rings (SSSR count). The molecular formula is C10H8BrNO3. The maximum atomic E-state index is 11.3. The van der Waals surface area contributed by atoms with Gasteiger partial charge in [0.1, 0.15) is 6.07 Å². The predicted octanol–water partition coefficient (Wildman–Crippen LogP) is 1.60. The number of benzene rings is 1. The van der Waals surface area contributed by atoms with Crippen LogP contribution in [0.5, 0.6) is 0 Å². The first-order chi connectivity index (χ1) is 7.15. The number of aliphatic hydroxyl groups is 1. The van der Waals surface area contributed by atoms with E-state index < -0.39 is 5.97 Å². The van der Waals surface area contributed by atoms with E-state index in [1.807, 2.05) is 6.07 Å². The maximum Gasteiger partial charge on any atom is 0.339 e. The first-order valence-corrected chi connectivity index (χ1v) is 4.85. The molecule has 5 heteroatoms. The van der Waals surface area contributed by atoms with Crippen molar-refractivity contribution in [3.63, 3.8) is 0 Å². The van der Waals surface area contributed by atoms with Crippen LogP contribution in [0.2, 0.25) is 0 Å². The van der Waals surface area contributed by atoms with Gasteiger partial charge in [0.2, 0.25) is 0 Å². The van der Waals surface area contributed by atoms with Crippen LogP contribution in [0, 0.1) is 11.3 Å². The van der Waals surface area contributed by atoms with Gasteiger partial charge in [-0.15, -0.1) is 0 Å². The van der Waals surface area contributed by atoms with E-state index in [0.717, 1.165) is 0 Å². The Bertz CT molecular complexity index is 437. The van der Waals surface area contributed by atoms with Gasteiger partial charge in [0.05, 0.1) is 29.3 Å². The first-order valence-electron chi connectivity index (χ1n) is 4.06. The Kier molecular flexibility index (Phi) is 3.83. The van der Waals surface area contributed by atoms with Crippen molar-refractivity contribution in [3.8, 4) is 6.07 Å². The molecule has 0 saturated carbocycles. The summed E-state index contributed by atoms with van der Waals surface area (Å²) in [4.78, 5) is 11.3. The number of esters is 1. The Morgan fingerprint density at radius 1 is 1.67 bits per heavy atom. The van der Waals surface area contributed by atoms with Gasteiger partial charge in [-0.2, -0.15) is 5.26 Å². The third-order valence-corrected chi connectivity index (χ3v) is 2.74. The summed E-state index contributed by atoms with van der Waals surface area (Å²) in [6, 6.07) is 4.95. The summed E-state index contributed by atoms with van der Waals surface area (Å²) in [6.45, 7) is -0.247. The highest BCUT2D eigenvalue weighted by molar-refractivity contribution is 9.10. The second kappa shape index (κ2) is 4.91. The number of nitrogens with zero attached hydrogens (tertiary/aromatic N) is 1. The molecule has 0 spiro atoms. The Balaban J connectivity index is 3.37. The molecule has 78 valence electrons. The van der Waals surface area contributed by atoms with E-state index in [0.29, 0.717) is 10.0 Å². The summed E-state index contributed by atoms with van der Waals surface area (Å²) >= 11 is 3.14. The fraction of sp³-hybridized carbons (Fsp3) is 0.200. The number of carbonyl (C=O) groups excluding carboxylic acids is 1. The molecule has 0 aliphatic rings. The molecule has 0 heterocycles. The number of ether oxygens (including phenoxy) is 1. The highest BCUT2D eigenvalue weighted by Gasteiger charge is 2.16. The highest BCUT2D eigenvalue weighted by Crippen LogP contribution is 2.25. The van der Waals surface area contributed by atoms with Gasteiger partial charge in [0.25, 0.3) is 0 Å². The molecule has 15 heavy (non-hydrogen) atoms. The largest absolute Gasteiger partial charge is 0.465 e. The Hall–Kier alpha value is -1.38. The van der Waals surface area contributed by atoms with E-state index in [2.05, 4.69) is 20.7 Å². The number of carbonyl (C=O) groups is 1. The smallest absolute Gasteiger partial charge is 0.339 e. The predicted molar refractivity (Wildman–Crippen MR) is 56.1 cm³/mol. The molecule has 1 aromatic rings. The number of hydrogen-bond acceptors (Lipinski definition) is 4. The summed E-state index contributed by atoms with van der Waals surface area (Å²) in [6.07, 6.45) is 0. The molecule has 0 aliphatic heterocycles. The van der Waals surface area contributed by atoms with E-state index in [1.54, 1.807) is 0 Å². The van der Waals surface area contributed by atoms with Crippen LogP contribution in [-0.2, 0) is 11.3 Å². The van der Waals surface area contributed by atoms with Gasteiger partial charge in [-0.25, -0.2) is 4.79 Å². The molecule has 0 radical (unpaired) electrons. The van der Waals surface area contributed by atoms with E-state index >= 15 is 0 Å². The van der Waals surface area contributed by atoms with Gasteiger partial charge < -0.3 is 9.84 Å². The number of hydrogen-bond donors (Lipinski definition) is 1. The molecule has 1 aromatic carbocycles. The van der Waals surface area contributed by atoms with E-state index in [4.69, 9.17) is 10.4 Å². The number of methoxy groups -OCH3 is 1. The minimum Gasteiger partial charge on any atom is -0.465 e. The zero-order valence-electron chi connectivity index (χ0n) is 7.95. The van der Waals surface area contributed by atoms with Crippen LogP contribution in [0.25, 0.3) is 0 Å². The third kappa shape index (κ3) is 2.17. The Morgan fingerprint density at radius 3 is 2.80 bits per heavy atom. The summed E-state index contributed by atoms with van der Waals surface area (Å²) in [5.74, 6) is -0.525. The topological polar surface area (TPSA) is 70.3 Å². The first kappa shape index (κ1) is 11.7. The molecule has 0 amide bonds. The lowest BCUT2D eigenvalue weighted by Gasteiger charge is -2.07. The van der Waals surface area contributed by atoms with Crippen molar-refractivity contribution >= 4 is 21.9 Å². The van der Waals surface area contributed by atoms with Crippen LogP contribution < -0.4 is 0 Å². The second-order valence-corrected chi connectivity index (χ2v) is 3.52. The minimum absolute atomic E-state index is 0.247. The van der Waals surface area contributed by atoms with Crippen molar-refractivity contribution in [2.45, 2.75) is 6.61 Å².